The highest BCUT2D eigenvalue weighted by molar-refractivity contribution is 5.47. The average molecular weight is 263 g/mol. The summed E-state index contributed by atoms with van der Waals surface area (Å²) in [5.41, 5.74) is 1.14. The second-order valence-corrected chi connectivity index (χ2v) is 5.18. The summed E-state index contributed by atoms with van der Waals surface area (Å²) in [6, 6.07) is 6.30. The molecule has 0 heterocycles. The van der Waals surface area contributed by atoms with Crippen LogP contribution >= 0.6 is 0 Å². The van der Waals surface area contributed by atoms with Crippen molar-refractivity contribution in [1.82, 2.24) is 5.32 Å². The van der Waals surface area contributed by atoms with E-state index in [9.17, 15) is 0 Å². The molecule has 0 amide bonds. The van der Waals surface area contributed by atoms with Crippen molar-refractivity contribution in [3.8, 4) is 11.5 Å². The lowest BCUT2D eigenvalue weighted by Gasteiger charge is -2.22. The average Bonchev–Trinajstić information content (AvgIpc) is 2.91. The molecule has 1 aromatic rings. The molecule has 2 rings (SSSR count). The zero-order valence-corrected chi connectivity index (χ0v) is 12.2. The van der Waals surface area contributed by atoms with Crippen LogP contribution in [0.15, 0.2) is 18.2 Å². The molecule has 1 saturated carbocycles. The van der Waals surface area contributed by atoms with Crippen LogP contribution in [0.25, 0.3) is 0 Å². The highest BCUT2D eigenvalue weighted by Gasteiger charge is 2.21. The van der Waals surface area contributed by atoms with E-state index in [1.54, 1.807) is 7.11 Å². The predicted molar refractivity (Wildman–Crippen MR) is 78.0 cm³/mol. The van der Waals surface area contributed by atoms with E-state index in [-0.39, 0.29) is 6.04 Å². The molecular weight excluding hydrogens is 238 g/mol. The van der Waals surface area contributed by atoms with Gasteiger partial charge < -0.3 is 14.8 Å². The van der Waals surface area contributed by atoms with Crippen molar-refractivity contribution >= 4 is 0 Å². The molecule has 1 unspecified atom stereocenters. The normalized spacial score (nSPS) is 17.4. The second kappa shape index (κ2) is 6.80. The van der Waals surface area contributed by atoms with Crippen molar-refractivity contribution < 1.29 is 9.47 Å². The number of rotatable bonds is 6. The molecule has 3 nitrogen and oxygen atoms in total. The van der Waals surface area contributed by atoms with Gasteiger partial charge in [-0.3, -0.25) is 0 Å². The summed E-state index contributed by atoms with van der Waals surface area (Å²) < 4.78 is 11.7. The highest BCUT2D eigenvalue weighted by atomic mass is 16.5. The van der Waals surface area contributed by atoms with Crippen molar-refractivity contribution in [2.24, 2.45) is 0 Å². The van der Waals surface area contributed by atoms with Gasteiger partial charge in [0.15, 0.2) is 0 Å². The number of hydrogen-bond donors (Lipinski definition) is 1. The molecule has 1 N–H and O–H groups in total. The van der Waals surface area contributed by atoms with Crippen LogP contribution in [-0.2, 0) is 0 Å². The number of ether oxygens (including phenoxy) is 2. The molecule has 0 aliphatic heterocycles. The van der Waals surface area contributed by atoms with Crippen LogP contribution in [0.3, 0.4) is 0 Å². The lowest BCUT2D eigenvalue weighted by Crippen LogP contribution is -2.21. The molecule has 0 bridgehead atoms. The summed E-state index contributed by atoms with van der Waals surface area (Å²) in [6.07, 6.45) is 5.29. The van der Waals surface area contributed by atoms with Crippen LogP contribution in [0.5, 0.6) is 11.5 Å². The largest absolute Gasteiger partial charge is 0.496 e. The van der Waals surface area contributed by atoms with E-state index in [0.29, 0.717) is 6.10 Å². The first-order chi connectivity index (χ1) is 9.26. The Morgan fingerprint density at radius 3 is 2.58 bits per heavy atom. The van der Waals surface area contributed by atoms with Crippen molar-refractivity contribution in [1.29, 1.82) is 0 Å². The van der Waals surface area contributed by atoms with Gasteiger partial charge in [0.1, 0.15) is 11.5 Å². The van der Waals surface area contributed by atoms with Crippen LogP contribution in [0.2, 0.25) is 0 Å². The van der Waals surface area contributed by atoms with Crippen molar-refractivity contribution in [3.05, 3.63) is 23.8 Å². The van der Waals surface area contributed by atoms with Gasteiger partial charge in [-0.15, -0.1) is 0 Å². The third kappa shape index (κ3) is 3.41. The molecular formula is C16H25NO2. The minimum absolute atomic E-state index is 0.234. The minimum Gasteiger partial charge on any atom is -0.496 e. The van der Waals surface area contributed by atoms with E-state index in [1.165, 1.54) is 25.7 Å². The number of benzene rings is 1. The lowest BCUT2D eigenvalue weighted by atomic mass is 10.1. The van der Waals surface area contributed by atoms with Gasteiger partial charge in [0, 0.05) is 6.04 Å². The first-order valence-corrected chi connectivity index (χ1v) is 7.33. The Hall–Kier alpha value is -1.22. The molecule has 1 atom stereocenters. The summed E-state index contributed by atoms with van der Waals surface area (Å²) in [5, 5.41) is 3.44. The molecule has 0 spiro atoms. The van der Waals surface area contributed by atoms with Gasteiger partial charge in [-0.05, 0) is 51.3 Å². The van der Waals surface area contributed by atoms with Crippen LogP contribution in [0.1, 0.15) is 51.1 Å². The maximum absolute atomic E-state index is 6.20. The standard InChI is InChI=1S/C16H25NO2/c1-4-17-12(2)16-14(18-3)10-7-11-15(16)19-13-8-5-6-9-13/h7,10-13,17H,4-6,8-9H2,1-3H3. The van der Waals surface area contributed by atoms with Crippen molar-refractivity contribution in [2.45, 2.75) is 51.7 Å². The summed E-state index contributed by atoms with van der Waals surface area (Å²) in [6.45, 7) is 5.20. The summed E-state index contributed by atoms with van der Waals surface area (Å²) in [7, 11) is 1.72. The van der Waals surface area contributed by atoms with E-state index in [4.69, 9.17) is 9.47 Å². The van der Waals surface area contributed by atoms with E-state index in [1.807, 2.05) is 12.1 Å². The molecule has 3 heteroatoms. The molecule has 1 aliphatic carbocycles. The monoisotopic (exact) mass is 263 g/mol. The third-order valence-electron chi connectivity index (χ3n) is 3.79. The Labute approximate surface area is 116 Å². The second-order valence-electron chi connectivity index (χ2n) is 5.18. The van der Waals surface area contributed by atoms with Gasteiger partial charge in [-0.25, -0.2) is 0 Å². The SMILES string of the molecule is CCNC(C)c1c(OC)cccc1OC1CCCC1. The molecule has 0 saturated heterocycles. The van der Waals surface area contributed by atoms with E-state index in [0.717, 1.165) is 23.6 Å². The van der Waals surface area contributed by atoms with Crippen molar-refractivity contribution in [2.75, 3.05) is 13.7 Å². The molecule has 0 radical (unpaired) electrons. The molecule has 0 aromatic heterocycles. The fourth-order valence-corrected chi connectivity index (χ4v) is 2.83. The summed E-state index contributed by atoms with van der Waals surface area (Å²) in [5.74, 6) is 1.88. The number of methoxy groups -OCH3 is 1. The van der Waals surface area contributed by atoms with Crippen LogP contribution in [-0.4, -0.2) is 19.8 Å². The fourth-order valence-electron chi connectivity index (χ4n) is 2.83. The molecule has 1 aliphatic rings. The van der Waals surface area contributed by atoms with E-state index >= 15 is 0 Å². The molecule has 1 aromatic carbocycles. The Balaban J connectivity index is 2.24. The minimum atomic E-state index is 0.234. The number of nitrogens with one attached hydrogen (secondary N) is 1. The fraction of sp³-hybridized carbons (Fsp3) is 0.625. The smallest absolute Gasteiger partial charge is 0.128 e. The van der Waals surface area contributed by atoms with Gasteiger partial charge in [0.05, 0.1) is 18.8 Å². The Morgan fingerprint density at radius 1 is 1.26 bits per heavy atom. The number of hydrogen-bond acceptors (Lipinski definition) is 3. The lowest BCUT2D eigenvalue weighted by molar-refractivity contribution is 0.205. The maximum atomic E-state index is 6.20. The van der Waals surface area contributed by atoms with Gasteiger partial charge >= 0.3 is 0 Å². The van der Waals surface area contributed by atoms with E-state index in [2.05, 4.69) is 25.2 Å². The topological polar surface area (TPSA) is 30.5 Å². The summed E-state index contributed by atoms with van der Waals surface area (Å²) >= 11 is 0. The zero-order valence-electron chi connectivity index (χ0n) is 12.2. The maximum Gasteiger partial charge on any atom is 0.128 e. The Morgan fingerprint density at radius 2 is 1.95 bits per heavy atom. The van der Waals surface area contributed by atoms with Crippen LogP contribution in [0.4, 0.5) is 0 Å². The Kier molecular flexibility index (Phi) is 5.08. The van der Waals surface area contributed by atoms with E-state index < -0.39 is 0 Å². The quantitative estimate of drug-likeness (QED) is 0.849. The van der Waals surface area contributed by atoms with Gasteiger partial charge in [0.25, 0.3) is 0 Å². The predicted octanol–water partition coefficient (Wildman–Crippen LogP) is 3.69. The highest BCUT2D eigenvalue weighted by Crippen LogP contribution is 2.36. The van der Waals surface area contributed by atoms with Crippen molar-refractivity contribution in [3.63, 3.8) is 0 Å². The first kappa shape index (κ1) is 14.2. The van der Waals surface area contributed by atoms with Gasteiger partial charge in [-0.1, -0.05) is 13.0 Å². The molecule has 106 valence electrons. The van der Waals surface area contributed by atoms with Gasteiger partial charge in [0.2, 0.25) is 0 Å². The third-order valence-corrected chi connectivity index (χ3v) is 3.79. The Bertz CT molecular complexity index is 400. The first-order valence-electron chi connectivity index (χ1n) is 7.33. The summed E-state index contributed by atoms with van der Waals surface area (Å²) in [4.78, 5) is 0. The van der Waals surface area contributed by atoms with Crippen LogP contribution < -0.4 is 14.8 Å². The zero-order chi connectivity index (χ0) is 13.7. The molecule has 1 fully saturated rings. The molecule has 19 heavy (non-hydrogen) atoms. The van der Waals surface area contributed by atoms with Crippen LogP contribution in [0, 0.1) is 0 Å². The van der Waals surface area contributed by atoms with Gasteiger partial charge in [-0.2, -0.15) is 0 Å².